The van der Waals surface area contributed by atoms with Crippen LogP contribution in [0.1, 0.15) is 28.9 Å². The molecule has 24 heavy (non-hydrogen) atoms. The fraction of sp³-hybridized carbons (Fsp3) is 0.263. The summed E-state index contributed by atoms with van der Waals surface area (Å²) in [5, 5.41) is 8.85. The van der Waals surface area contributed by atoms with E-state index in [2.05, 4.69) is 10.2 Å². The average molecular weight is 340 g/mol. The maximum atomic E-state index is 13.0. The quantitative estimate of drug-likeness (QED) is 0.782. The van der Waals surface area contributed by atoms with Gasteiger partial charge in [-0.2, -0.15) is 5.10 Å². The van der Waals surface area contributed by atoms with Crippen LogP contribution in [0.4, 0.5) is 0 Å². The number of amides is 1. The molecule has 0 unspecified atom stereocenters. The third-order valence-corrected chi connectivity index (χ3v) is 5.09. The average Bonchev–Trinajstić information content (AvgIpc) is 3.23. The van der Waals surface area contributed by atoms with Gasteiger partial charge >= 0.3 is 0 Å². The van der Waals surface area contributed by atoms with E-state index >= 15 is 0 Å². The van der Waals surface area contributed by atoms with E-state index < -0.39 is 0 Å². The van der Waals surface area contributed by atoms with Gasteiger partial charge in [0.25, 0.3) is 5.91 Å². The van der Waals surface area contributed by atoms with E-state index in [9.17, 15) is 4.79 Å². The zero-order chi connectivity index (χ0) is 16.5. The topological polar surface area (TPSA) is 49.0 Å². The van der Waals surface area contributed by atoms with Crippen molar-refractivity contribution in [3.05, 3.63) is 64.8 Å². The van der Waals surface area contributed by atoms with Gasteiger partial charge in [-0.15, -0.1) is 0 Å². The first-order chi connectivity index (χ1) is 11.7. The van der Waals surface area contributed by atoms with E-state index in [0.29, 0.717) is 5.69 Å². The minimum atomic E-state index is 0.00186. The van der Waals surface area contributed by atoms with Crippen molar-refractivity contribution in [2.24, 2.45) is 0 Å². The Balaban J connectivity index is 1.60. The lowest BCUT2D eigenvalue weighted by Crippen LogP contribution is -2.37. The zero-order valence-corrected chi connectivity index (χ0v) is 14.0. The molecule has 2 heterocycles. The van der Waals surface area contributed by atoms with Crippen LogP contribution < -0.4 is 0 Å². The van der Waals surface area contributed by atoms with Crippen LogP contribution in [0.25, 0.3) is 10.9 Å². The van der Waals surface area contributed by atoms with Crippen molar-refractivity contribution in [2.45, 2.75) is 25.3 Å². The van der Waals surface area contributed by atoms with Crippen LogP contribution in [0.2, 0.25) is 5.02 Å². The number of rotatable bonds is 3. The highest BCUT2D eigenvalue weighted by Crippen LogP contribution is 2.27. The standard InChI is InChI=1S/C19H18ClN3O/c20-16-9-3-1-6-13(16)12-14-7-5-11-23(14)19(24)18-15-8-2-4-10-17(15)21-22-18/h1-4,6,8-10,14H,5,7,11-12H2,(H,21,22)/t14-/m1/s1. The Bertz CT molecular complexity index is 889. The Morgan fingerprint density at radius 3 is 2.88 bits per heavy atom. The van der Waals surface area contributed by atoms with Crippen molar-refractivity contribution in [3.8, 4) is 0 Å². The molecule has 1 N–H and O–H groups in total. The van der Waals surface area contributed by atoms with Crippen LogP contribution >= 0.6 is 11.6 Å². The van der Waals surface area contributed by atoms with Gasteiger partial charge in [-0.25, -0.2) is 0 Å². The number of benzene rings is 2. The number of para-hydroxylation sites is 1. The van der Waals surface area contributed by atoms with Crippen LogP contribution in [0.3, 0.4) is 0 Å². The molecule has 1 atom stereocenters. The van der Waals surface area contributed by atoms with E-state index in [-0.39, 0.29) is 11.9 Å². The number of aromatic amines is 1. The van der Waals surface area contributed by atoms with E-state index in [0.717, 1.165) is 47.3 Å². The number of aromatic nitrogens is 2. The summed E-state index contributed by atoms with van der Waals surface area (Å²) in [5.41, 5.74) is 2.50. The smallest absolute Gasteiger partial charge is 0.275 e. The van der Waals surface area contributed by atoms with Crippen molar-refractivity contribution >= 4 is 28.4 Å². The summed E-state index contributed by atoms with van der Waals surface area (Å²) in [4.78, 5) is 15.0. The summed E-state index contributed by atoms with van der Waals surface area (Å²) < 4.78 is 0. The molecule has 5 heteroatoms. The van der Waals surface area contributed by atoms with Crippen LogP contribution in [-0.4, -0.2) is 33.6 Å². The first-order valence-corrected chi connectivity index (χ1v) is 8.59. The minimum absolute atomic E-state index is 0.00186. The van der Waals surface area contributed by atoms with Gasteiger partial charge in [-0.05, 0) is 37.0 Å². The third kappa shape index (κ3) is 2.67. The molecule has 0 saturated carbocycles. The van der Waals surface area contributed by atoms with E-state index in [1.54, 1.807) is 0 Å². The fourth-order valence-corrected chi connectivity index (χ4v) is 3.71. The van der Waals surface area contributed by atoms with Crippen molar-refractivity contribution < 1.29 is 4.79 Å². The summed E-state index contributed by atoms with van der Waals surface area (Å²) in [6.45, 7) is 0.773. The Hall–Kier alpha value is -2.33. The number of H-pyrrole nitrogens is 1. The summed E-state index contributed by atoms with van der Waals surface area (Å²) in [5.74, 6) is 0.00186. The molecule has 1 aromatic heterocycles. The number of hydrogen-bond donors (Lipinski definition) is 1. The molecule has 0 aliphatic carbocycles. The van der Waals surface area contributed by atoms with Crippen molar-refractivity contribution in [3.63, 3.8) is 0 Å². The van der Waals surface area contributed by atoms with Crippen molar-refractivity contribution in [1.29, 1.82) is 0 Å². The van der Waals surface area contributed by atoms with Gasteiger partial charge in [0.15, 0.2) is 5.69 Å². The molecule has 122 valence electrons. The molecule has 4 rings (SSSR count). The molecule has 4 nitrogen and oxygen atoms in total. The highest BCUT2D eigenvalue weighted by Gasteiger charge is 2.31. The first-order valence-electron chi connectivity index (χ1n) is 8.21. The SMILES string of the molecule is O=C(c1n[nH]c2ccccc12)N1CCC[C@@H]1Cc1ccccc1Cl. The Kier molecular flexibility index (Phi) is 3.98. The second-order valence-electron chi connectivity index (χ2n) is 6.21. The molecule has 0 spiro atoms. The molecular weight excluding hydrogens is 322 g/mol. The van der Waals surface area contributed by atoms with Crippen LogP contribution in [0.15, 0.2) is 48.5 Å². The monoisotopic (exact) mass is 339 g/mol. The second kappa shape index (κ2) is 6.29. The minimum Gasteiger partial charge on any atom is -0.334 e. The van der Waals surface area contributed by atoms with Gasteiger partial charge < -0.3 is 4.90 Å². The maximum Gasteiger partial charge on any atom is 0.275 e. The Morgan fingerprint density at radius 1 is 1.21 bits per heavy atom. The number of carbonyl (C=O) groups is 1. The number of nitrogens with zero attached hydrogens (tertiary/aromatic N) is 2. The number of hydrogen-bond acceptors (Lipinski definition) is 2. The molecular formula is C19H18ClN3O. The summed E-state index contributed by atoms with van der Waals surface area (Å²) in [7, 11) is 0. The predicted octanol–water partition coefficient (Wildman–Crippen LogP) is 4.06. The molecule has 1 aliphatic heterocycles. The highest BCUT2D eigenvalue weighted by atomic mass is 35.5. The largest absolute Gasteiger partial charge is 0.334 e. The lowest BCUT2D eigenvalue weighted by Gasteiger charge is -2.24. The van der Waals surface area contributed by atoms with Crippen molar-refractivity contribution in [2.75, 3.05) is 6.54 Å². The zero-order valence-electron chi connectivity index (χ0n) is 13.2. The lowest BCUT2D eigenvalue weighted by atomic mass is 10.0. The predicted molar refractivity (Wildman–Crippen MR) is 95.3 cm³/mol. The molecule has 1 saturated heterocycles. The maximum absolute atomic E-state index is 13.0. The second-order valence-corrected chi connectivity index (χ2v) is 6.62. The summed E-state index contributed by atoms with van der Waals surface area (Å²) in [6, 6.07) is 15.8. The molecule has 1 amide bonds. The first kappa shape index (κ1) is 15.2. The number of likely N-dealkylation sites (tertiary alicyclic amines) is 1. The highest BCUT2D eigenvalue weighted by molar-refractivity contribution is 6.31. The van der Waals surface area contributed by atoms with Gasteiger partial charge in [-0.1, -0.05) is 48.0 Å². The van der Waals surface area contributed by atoms with Crippen LogP contribution in [0.5, 0.6) is 0 Å². The van der Waals surface area contributed by atoms with Gasteiger partial charge in [-0.3, -0.25) is 9.89 Å². The number of carbonyl (C=O) groups excluding carboxylic acids is 1. The summed E-state index contributed by atoms with van der Waals surface area (Å²) in [6.07, 6.45) is 2.80. The summed E-state index contributed by atoms with van der Waals surface area (Å²) >= 11 is 6.29. The Labute approximate surface area is 145 Å². The van der Waals surface area contributed by atoms with E-state index in [1.807, 2.05) is 53.4 Å². The molecule has 2 aromatic carbocycles. The van der Waals surface area contributed by atoms with Gasteiger partial charge in [0.2, 0.25) is 0 Å². The number of fused-ring (bicyclic) bond motifs is 1. The number of nitrogens with one attached hydrogen (secondary N) is 1. The van der Waals surface area contributed by atoms with Crippen LogP contribution in [-0.2, 0) is 6.42 Å². The van der Waals surface area contributed by atoms with Crippen molar-refractivity contribution in [1.82, 2.24) is 15.1 Å². The van der Waals surface area contributed by atoms with Gasteiger partial charge in [0, 0.05) is 23.0 Å². The van der Waals surface area contributed by atoms with Crippen LogP contribution in [0, 0.1) is 0 Å². The Morgan fingerprint density at radius 2 is 2.00 bits per heavy atom. The normalized spacial score (nSPS) is 17.5. The van der Waals surface area contributed by atoms with Gasteiger partial charge in [0.1, 0.15) is 0 Å². The fourth-order valence-electron chi connectivity index (χ4n) is 3.50. The lowest BCUT2D eigenvalue weighted by molar-refractivity contribution is 0.0732. The molecule has 3 aromatic rings. The number of halogens is 1. The molecule has 0 radical (unpaired) electrons. The van der Waals surface area contributed by atoms with E-state index in [4.69, 9.17) is 11.6 Å². The molecule has 0 bridgehead atoms. The van der Waals surface area contributed by atoms with E-state index in [1.165, 1.54) is 0 Å². The van der Waals surface area contributed by atoms with Gasteiger partial charge in [0.05, 0.1) is 5.52 Å². The molecule has 1 aliphatic rings. The molecule has 1 fully saturated rings. The third-order valence-electron chi connectivity index (χ3n) is 4.72.